The van der Waals surface area contributed by atoms with E-state index >= 15 is 0 Å². The molecule has 0 aromatic heterocycles. The van der Waals surface area contributed by atoms with Crippen molar-refractivity contribution in [1.29, 1.82) is 0 Å². The number of aliphatic hydroxyl groups is 2. The summed E-state index contributed by atoms with van der Waals surface area (Å²) in [6.07, 6.45) is 0. The minimum atomic E-state index is -0.419. The first-order chi connectivity index (χ1) is 7.51. The van der Waals surface area contributed by atoms with Gasteiger partial charge in [0.15, 0.2) is 11.1 Å². The number of hydrogen-bond donors (Lipinski definition) is 4. The van der Waals surface area contributed by atoms with E-state index in [1.54, 1.807) is 13.8 Å². The second kappa shape index (κ2) is 5.09. The zero-order valence-electron chi connectivity index (χ0n) is 9.27. The van der Waals surface area contributed by atoms with Gasteiger partial charge in [-0.3, -0.25) is 9.79 Å². The van der Waals surface area contributed by atoms with Gasteiger partial charge in [0.1, 0.15) is 5.69 Å². The van der Waals surface area contributed by atoms with Crippen molar-refractivity contribution in [2.75, 3.05) is 18.5 Å². The van der Waals surface area contributed by atoms with Crippen LogP contribution in [-0.2, 0) is 0 Å². The Morgan fingerprint density at radius 1 is 1.31 bits per heavy atom. The third-order valence-electron chi connectivity index (χ3n) is 2.18. The van der Waals surface area contributed by atoms with Crippen LogP contribution < -0.4 is 16.1 Å². The molecule has 0 bridgehead atoms. The molecule has 2 unspecified atom stereocenters. The van der Waals surface area contributed by atoms with Gasteiger partial charge in [-0.1, -0.05) is 0 Å². The topological polar surface area (TPSA) is 102 Å². The summed E-state index contributed by atoms with van der Waals surface area (Å²) in [6, 6.07) is -0.726. The van der Waals surface area contributed by atoms with Gasteiger partial charge in [0, 0.05) is 6.04 Å². The molecule has 1 rings (SSSR count). The molecule has 0 spiro atoms. The number of anilines is 1. The van der Waals surface area contributed by atoms with Gasteiger partial charge >= 0.3 is 0 Å². The van der Waals surface area contributed by atoms with Crippen molar-refractivity contribution >= 4 is 5.69 Å². The molecule has 2 atom stereocenters. The average Bonchev–Trinajstić information content (AvgIpc) is 2.31. The van der Waals surface area contributed by atoms with Crippen LogP contribution >= 0.6 is 0 Å². The summed E-state index contributed by atoms with van der Waals surface area (Å²) in [5.74, 6) is -0.203. The molecule has 0 radical (unpaired) electrons. The first-order valence-corrected chi connectivity index (χ1v) is 5.05. The van der Waals surface area contributed by atoms with Gasteiger partial charge in [0.2, 0.25) is 5.43 Å². The van der Waals surface area contributed by atoms with Gasteiger partial charge in [-0.25, -0.2) is 0 Å². The van der Waals surface area contributed by atoms with E-state index in [-0.39, 0.29) is 36.0 Å². The largest absolute Gasteiger partial charge is 0.504 e. The van der Waals surface area contributed by atoms with Crippen LogP contribution in [0.25, 0.3) is 0 Å². The normalized spacial score (nSPS) is 16.4. The van der Waals surface area contributed by atoms with Crippen molar-refractivity contribution in [2.24, 2.45) is 4.99 Å². The molecular weight excluding hydrogens is 212 g/mol. The van der Waals surface area contributed by atoms with E-state index in [1.807, 2.05) is 0 Å². The van der Waals surface area contributed by atoms with Crippen LogP contribution in [0.4, 0.5) is 5.69 Å². The highest BCUT2D eigenvalue weighted by Gasteiger charge is 2.19. The molecule has 6 nitrogen and oxygen atoms in total. The lowest BCUT2D eigenvalue weighted by Crippen LogP contribution is -2.38. The maximum absolute atomic E-state index is 11.5. The van der Waals surface area contributed by atoms with Gasteiger partial charge in [-0.15, -0.1) is 0 Å². The van der Waals surface area contributed by atoms with E-state index in [1.165, 1.54) is 0 Å². The molecule has 0 aliphatic carbocycles. The number of nitrogens with one attached hydrogen (secondary N) is 1. The molecule has 0 aliphatic heterocycles. The lowest BCUT2D eigenvalue weighted by Gasteiger charge is -2.15. The number of aromatic hydroxyl groups is 1. The van der Waals surface area contributed by atoms with Crippen molar-refractivity contribution in [1.82, 2.24) is 0 Å². The Kier molecular flexibility index (Phi) is 4.03. The van der Waals surface area contributed by atoms with Crippen molar-refractivity contribution in [3.63, 3.8) is 0 Å². The summed E-state index contributed by atoms with van der Waals surface area (Å²) in [7, 11) is 0. The summed E-state index contributed by atoms with van der Waals surface area (Å²) in [5.41, 5.74) is -0.316. The van der Waals surface area contributed by atoms with Crippen LogP contribution in [0.5, 0.6) is 5.75 Å². The molecule has 0 heterocycles. The zero-order valence-corrected chi connectivity index (χ0v) is 9.27. The second-order valence-corrected chi connectivity index (χ2v) is 3.79. The lowest BCUT2D eigenvalue weighted by molar-refractivity contribution is 0.272. The fourth-order valence-electron chi connectivity index (χ4n) is 1.20. The molecule has 4 N–H and O–H groups in total. The fourth-order valence-corrected chi connectivity index (χ4v) is 1.20. The van der Waals surface area contributed by atoms with E-state index in [2.05, 4.69) is 10.3 Å². The fraction of sp³-hybridized carbons (Fsp3) is 0.600. The SMILES string of the molecule is CC(CO)N=c1c(O)c(NC(C)CO)c1=O. The zero-order chi connectivity index (χ0) is 12.3. The number of rotatable bonds is 5. The van der Waals surface area contributed by atoms with E-state index in [0.29, 0.717) is 0 Å². The van der Waals surface area contributed by atoms with Gasteiger partial charge in [-0.05, 0) is 13.8 Å². The molecular formula is C10H16N2O4. The summed E-state index contributed by atoms with van der Waals surface area (Å²) >= 11 is 0. The van der Waals surface area contributed by atoms with E-state index in [4.69, 9.17) is 10.2 Å². The van der Waals surface area contributed by atoms with Crippen LogP contribution in [0, 0.1) is 0 Å². The predicted molar refractivity (Wildman–Crippen MR) is 59.0 cm³/mol. The van der Waals surface area contributed by atoms with Crippen molar-refractivity contribution in [2.45, 2.75) is 25.9 Å². The third kappa shape index (κ3) is 2.40. The predicted octanol–water partition coefficient (Wildman–Crippen LogP) is -1.30. The first-order valence-electron chi connectivity index (χ1n) is 5.05. The molecule has 0 saturated heterocycles. The van der Waals surface area contributed by atoms with Crippen molar-refractivity contribution in [3.05, 3.63) is 15.6 Å². The van der Waals surface area contributed by atoms with Crippen molar-refractivity contribution < 1.29 is 15.3 Å². The summed E-state index contributed by atoms with van der Waals surface area (Å²) in [6.45, 7) is 3.00. The Hall–Kier alpha value is -1.40. The van der Waals surface area contributed by atoms with Gasteiger partial charge in [-0.2, -0.15) is 0 Å². The minimum Gasteiger partial charge on any atom is -0.504 e. The lowest BCUT2D eigenvalue weighted by atomic mass is 10.2. The number of hydrogen-bond acceptors (Lipinski definition) is 6. The quantitative estimate of drug-likeness (QED) is 0.502. The molecule has 0 aliphatic rings. The standard InChI is InChI=1S/C10H16N2O4/c1-5(3-13)11-7-9(15)8(10(7)16)12-6(2)4-14/h5-6,11,13-15H,3-4H2,1-2H3. The van der Waals surface area contributed by atoms with E-state index < -0.39 is 11.5 Å². The van der Waals surface area contributed by atoms with Crippen LogP contribution in [0.1, 0.15) is 13.8 Å². The van der Waals surface area contributed by atoms with Gasteiger partial charge in [0.05, 0.1) is 19.3 Å². The second-order valence-electron chi connectivity index (χ2n) is 3.79. The Morgan fingerprint density at radius 2 is 1.94 bits per heavy atom. The Bertz CT molecular complexity index is 434. The summed E-state index contributed by atoms with van der Waals surface area (Å²) < 4.78 is 0. The molecule has 1 aromatic carbocycles. The highest BCUT2D eigenvalue weighted by Crippen LogP contribution is 2.16. The molecule has 0 saturated carbocycles. The molecule has 0 fully saturated rings. The number of aliphatic hydroxyl groups excluding tert-OH is 2. The molecule has 1 aromatic rings. The summed E-state index contributed by atoms with van der Waals surface area (Å²) in [5, 5.41) is 29.7. The average molecular weight is 228 g/mol. The van der Waals surface area contributed by atoms with Crippen LogP contribution in [0.15, 0.2) is 9.79 Å². The minimum absolute atomic E-state index is 0.0193. The molecule has 16 heavy (non-hydrogen) atoms. The maximum atomic E-state index is 11.5. The molecule has 90 valence electrons. The maximum Gasteiger partial charge on any atom is 0.234 e. The van der Waals surface area contributed by atoms with Gasteiger partial charge in [0.25, 0.3) is 0 Å². The Morgan fingerprint density at radius 3 is 2.38 bits per heavy atom. The van der Waals surface area contributed by atoms with Crippen LogP contribution in [0.2, 0.25) is 0 Å². The smallest absolute Gasteiger partial charge is 0.234 e. The third-order valence-corrected chi connectivity index (χ3v) is 2.18. The van der Waals surface area contributed by atoms with E-state index in [9.17, 15) is 9.90 Å². The molecule has 0 amide bonds. The Balaban J connectivity index is 2.91. The first kappa shape index (κ1) is 12.7. The monoisotopic (exact) mass is 228 g/mol. The molecule has 6 heteroatoms. The highest BCUT2D eigenvalue weighted by atomic mass is 16.3. The summed E-state index contributed by atoms with van der Waals surface area (Å²) in [4.78, 5) is 15.4. The van der Waals surface area contributed by atoms with Gasteiger partial charge < -0.3 is 20.6 Å². The van der Waals surface area contributed by atoms with Crippen LogP contribution in [0.3, 0.4) is 0 Å². The van der Waals surface area contributed by atoms with Crippen molar-refractivity contribution in [3.8, 4) is 5.75 Å². The van der Waals surface area contributed by atoms with Crippen LogP contribution in [-0.4, -0.2) is 40.6 Å². The highest BCUT2D eigenvalue weighted by molar-refractivity contribution is 5.61. The van der Waals surface area contributed by atoms with E-state index in [0.717, 1.165) is 0 Å². The Labute approximate surface area is 92.6 Å². The number of nitrogens with zero attached hydrogens (tertiary/aromatic N) is 1.